The third-order valence-corrected chi connectivity index (χ3v) is 4.23. The van der Waals surface area contributed by atoms with E-state index < -0.39 is 0 Å². The first-order chi connectivity index (χ1) is 7.09. The van der Waals surface area contributed by atoms with Gasteiger partial charge < -0.3 is 4.57 Å². The van der Waals surface area contributed by atoms with E-state index in [1.54, 1.807) is 0 Å². The molecule has 1 aliphatic carbocycles. The van der Waals surface area contributed by atoms with Gasteiger partial charge in [-0.15, -0.1) is 11.6 Å². The molecule has 0 bridgehead atoms. The Balaban J connectivity index is 2.25. The Bertz CT molecular complexity index is 348. The lowest BCUT2D eigenvalue weighted by Gasteiger charge is -2.31. The highest BCUT2D eigenvalue weighted by molar-refractivity contribution is 6.28. The molecule has 3 atom stereocenters. The second-order valence-electron chi connectivity index (χ2n) is 4.51. The average Bonchev–Trinajstić information content (AvgIpc) is 2.52. The molecule has 0 saturated heterocycles. The van der Waals surface area contributed by atoms with Crippen LogP contribution in [-0.4, -0.2) is 14.9 Å². The Labute approximate surface area is 101 Å². The maximum absolute atomic E-state index is 6.22. The van der Waals surface area contributed by atoms with Crippen LogP contribution in [0.5, 0.6) is 0 Å². The lowest BCUT2D eigenvalue weighted by atomic mass is 9.78. The van der Waals surface area contributed by atoms with Crippen LogP contribution in [-0.2, 0) is 7.05 Å². The number of hydrogen-bond donors (Lipinski definition) is 0. The number of halogens is 2. The summed E-state index contributed by atoms with van der Waals surface area (Å²) >= 11 is 12.2. The fourth-order valence-corrected chi connectivity index (χ4v) is 2.89. The van der Waals surface area contributed by atoms with E-state index in [0.717, 1.165) is 12.8 Å². The third-order valence-electron chi connectivity index (χ3n) is 3.48. The molecule has 1 heterocycles. The van der Waals surface area contributed by atoms with Gasteiger partial charge in [0.1, 0.15) is 0 Å². The average molecular weight is 247 g/mol. The van der Waals surface area contributed by atoms with Gasteiger partial charge in [0.2, 0.25) is 5.28 Å². The Morgan fingerprint density at radius 2 is 2.20 bits per heavy atom. The minimum Gasteiger partial charge on any atom is -0.322 e. The van der Waals surface area contributed by atoms with Crippen molar-refractivity contribution in [1.82, 2.24) is 9.55 Å². The maximum atomic E-state index is 6.22. The van der Waals surface area contributed by atoms with Crippen molar-refractivity contribution in [2.45, 2.75) is 37.5 Å². The summed E-state index contributed by atoms with van der Waals surface area (Å²) < 4.78 is 1.97. The van der Waals surface area contributed by atoms with Crippen molar-refractivity contribution in [3.05, 3.63) is 17.2 Å². The molecule has 0 radical (unpaired) electrons. The molecule has 3 unspecified atom stereocenters. The largest absolute Gasteiger partial charge is 0.322 e. The number of imidazole rings is 1. The van der Waals surface area contributed by atoms with E-state index in [2.05, 4.69) is 11.9 Å². The second-order valence-corrected chi connectivity index (χ2v) is 5.46. The predicted octanol–water partition coefficient (Wildman–Crippen LogP) is 3.58. The molecule has 0 aromatic carbocycles. The first-order valence-corrected chi connectivity index (χ1v) is 6.22. The van der Waals surface area contributed by atoms with Crippen LogP contribution in [0.3, 0.4) is 0 Å². The predicted molar refractivity (Wildman–Crippen MR) is 63.6 cm³/mol. The van der Waals surface area contributed by atoms with Gasteiger partial charge in [0.05, 0.1) is 6.20 Å². The molecule has 0 N–H and O–H groups in total. The van der Waals surface area contributed by atoms with E-state index in [9.17, 15) is 0 Å². The first kappa shape index (κ1) is 11.3. The molecule has 15 heavy (non-hydrogen) atoms. The van der Waals surface area contributed by atoms with Crippen molar-refractivity contribution in [1.29, 1.82) is 0 Å². The number of aromatic nitrogens is 2. The monoisotopic (exact) mass is 246 g/mol. The van der Waals surface area contributed by atoms with Gasteiger partial charge in [0.25, 0.3) is 0 Å². The van der Waals surface area contributed by atoms with Crippen molar-refractivity contribution < 1.29 is 0 Å². The van der Waals surface area contributed by atoms with Crippen LogP contribution >= 0.6 is 23.2 Å². The topological polar surface area (TPSA) is 17.8 Å². The minimum absolute atomic E-state index is 0.305. The molecule has 4 heteroatoms. The van der Waals surface area contributed by atoms with Crippen LogP contribution in [0.15, 0.2) is 6.20 Å². The third kappa shape index (κ3) is 2.16. The summed E-state index contributed by atoms with van der Waals surface area (Å²) in [5, 5.41) is 0.869. The molecular weight excluding hydrogens is 231 g/mol. The van der Waals surface area contributed by atoms with Crippen molar-refractivity contribution >= 4 is 23.2 Å². The van der Waals surface area contributed by atoms with Gasteiger partial charge in [-0.2, -0.15) is 0 Å². The molecule has 1 aromatic rings. The van der Waals surface area contributed by atoms with Gasteiger partial charge in [0, 0.05) is 24.0 Å². The summed E-state index contributed by atoms with van der Waals surface area (Å²) in [6, 6.07) is 0. The zero-order chi connectivity index (χ0) is 11.0. The first-order valence-electron chi connectivity index (χ1n) is 5.40. The maximum Gasteiger partial charge on any atom is 0.202 e. The SMILES string of the molecule is CC1CCC(Cl)CC1c1cnc(Cl)n1C. The van der Waals surface area contributed by atoms with Gasteiger partial charge in [-0.3, -0.25) is 0 Å². The molecular formula is C11H16Cl2N2. The van der Waals surface area contributed by atoms with E-state index in [-0.39, 0.29) is 0 Å². The van der Waals surface area contributed by atoms with Crippen molar-refractivity contribution in [3.63, 3.8) is 0 Å². The van der Waals surface area contributed by atoms with Crippen molar-refractivity contribution in [2.75, 3.05) is 0 Å². The van der Waals surface area contributed by atoms with Gasteiger partial charge in [-0.05, 0) is 36.8 Å². The quantitative estimate of drug-likeness (QED) is 0.693. The fourth-order valence-electron chi connectivity index (χ4n) is 2.43. The Hall–Kier alpha value is -0.210. The Kier molecular flexibility index (Phi) is 3.27. The molecule has 0 aliphatic heterocycles. The lowest BCUT2D eigenvalue weighted by molar-refractivity contribution is 0.325. The van der Waals surface area contributed by atoms with E-state index >= 15 is 0 Å². The van der Waals surface area contributed by atoms with Crippen molar-refractivity contribution in [3.8, 4) is 0 Å². The molecule has 84 valence electrons. The molecule has 1 aromatic heterocycles. The van der Waals surface area contributed by atoms with Crippen molar-refractivity contribution in [2.24, 2.45) is 13.0 Å². The Morgan fingerprint density at radius 3 is 2.80 bits per heavy atom. The summed E-state index contributed by atoms with van der Waals surface area (Å²) in [6.45, 7) is 2.29. The molecule has 0 spiro atoms. The van der Waals surface area contributed by atoms with E-state index in [1.165, 1.54) is 12.1 Å². The Morgan fingerprint density at radius 1 is 1.47 bits per heavy atom. The summed E-state index contributed by atoms with van der Waals surface area (Å²) in [4.78, 5) is 4.14. The van der Waals surface area contributed by atoms with E-state index in [1.807, 2.05) is 17.8 Å². The normalized spacial score (nSPS) is 31.9. The van der Waals surface area contributed by atoms with Crippen LogP contribution in [0.2, 0.25) is 5.28 Å². The smallest absolute Gasteiger partial charge is 0.202 e. The number of alkyl halides is 1. The standard InChI is InChI=1S/C11H16Cl2N2/c1-7-3-4-8(12)5-9(7)10-6-14-11(13)15(10)2/h6-9H,3-5H2,1-2H3. The fraction of sp³-hybridized carbons (Fsp3) is 0.727. The summed E-state index contributed by atoms with van der Waals surface area (Å²) in [5.74, 6) is 1.18. The number of rotatable bonds is 1. The van der Waals surface area contributed by atoms with Crippen LogP contribution in [0.4, 0.5) is 0 Å². The van der Waals surface area contributed by atoms with Crippen LogP contribution in [0.25, 0.3) is 0 Å². The highest BCUT2D eigenvalue weighted by Gasteiger charge is 2.30. The van der Waals surface area contributed by atoms with E-state index in [4.69, 9.17) is 23.2 Å². The van der Waals surface area contributed by atoms with Crippen LogP contribution in [0, 0.1) is 5.92 Å². The highest BCUT2D eigenvalue weighted by Crippen LogP contribution is 2.39. The van der Waals surface area contributed by atoms with E-state index in [0.29, 0.717) is 22.5 Å². The van der Waals surface area contributed by atoms with Gasteiger partial charge >= 0.3 is 0 Å². The van der Waals surface area contributed by atoms with Crippen LogP contribution < -0.4 is 0 Å². The zero-order valence-corrected chi connectivity index (χ0v) is 10.6. The van der Waals surface area contributed by atoms with Gasteiger partial charge in [-0.1, -0.05) is 6.92 Å². The molecule has 2 nitrogen and oxygen atoms in total. The zero-order valence-electron chi connectivity index (χ0n) is 9.08. The molecule has 1 saturated carbocycles. The second kappa shape index (κ2) is 4.34. The number of nitrogens with zero attached hydrogens (tertiary/aromatic N) is 2. The summed E-state index contributed by atoms with van der Waals surface area (Å²) in [6.07, 6.45) is 5.25. The molecule has 1 fully saturated rings. The van der Waals surface area contributed by atoms with Crippen LogP contribution in [0.1, 0.15) is 37.8 Å². The van der Waals surface area contributed by atoms with Gasteiger partial charge in [0.15, 0.2) is 0 Å². The lowest BCUT2D eigenvalue weighted by Crippen LogP contribution is -2.23. The highest BCUT2D eigenvalue weighted by atomic mass is 35.5. The van der Waals surface area contributed by atoms with Gasteiger partial charge in [-0.25, -0.2) is 4.98 Å². The molecule has 2 rings (SSSR count). The number of hydrogen-bond acceptors (Lipinski definition) is 1. The minimum atomic E-state index is 0.305. The summed E-state index contributed by atoms with van der Waals surface area (Å²) in [5.41, 5.74) is 1.22. The summed E-state index contributed by atoms with van der Waals surface area (Å²) in [7, 11) is 1.97. The molecule has 0 amide bonds. The molecule has 1 aliphatic rings.